The van der Waals surface area contributed by atoms with E-state index in [9.17, 15) is 9.59 Å². The summed E-state index contributed by atoms with van der Waals surface area (Å²) in [6.45, 7) is 9.56. The van der Waals surface area contributed by atoms with Crippen LogP contribution in [0.1, 0.15) is 40.5 Å². The largest absolute Gasteiger partial charge is 0.466 e. The van der Waals surface area contributed by atoms with E-state index >= 15 is 0 Å². The average Bonchev–Trinajstić information content (AvgIpc) is 2.27. The van der Waals surface area contributed by atoms with E-state index in [2.05, 4.69) is 0 Å². The monoisotopic (exact) mass is 312 g/mol. The summed E-state index contributed by atoms with van der Waals surface area (Å²) in [5.41, 5.74) is 5.43. The van der Waals surface area contributed by atoms with Crippen molar-refractivity contribution in [1.82, 2.24) is 4.90 Å². The smallest absolute Gasteiger partial charge is 0.410 e. The summed E-state index contributed by atoms with van der Waals surface area (Å²) < 4.78 is 10.4. The third-order valence-electron chi connectivity index (χ3n) is 4.51. The maximum atomic E-state index is 11.9. The highest BCUT2D eigenvalue weighted by Gasteiger charge is 2.56. The number of nitrogens with zero attached hydrogens (tertiary/aromatic N) is 1. The van der Waals surface area contributed by atoms with Crippen molar-refractivity contribution in [2.45, 2.75) is 46.1 Å². The van der Waals surface area contributed by atoms with Crippen LogP contribution in [0, 0.1) is 17.3 Å². The minimum Gasteiger partial charge on any atom is -0.466 e. The Labute approximate surface area is 132 Å². The molecule has 1 atom stereocenters. The number of hydrogen-bond donors (Lipinski definition) is 1. The zero-order valence-electron chi connectivity index (χ0n) is 14.1. The summed E-state index contributed by atoms with van der Waals surface area (Å²) >= 11 is 0. The summed E-state index contributed by atoms with van der Waals surface area (Å²) in [6.07, 6.45) is 1.63. The predicted molar refractivity (Wildman–Crippen MR) is 82.1 cm³/mol. The van der Waals surface area contributed by atoms with Gasteiger partial charge in [-0.05, 0) is 46.5 Å². The molecule has 6 nitrogen and oxygen atoms in total. The summed E-state index contributed by atoms with van der Waals surface area (Å²) in [6, 6.07) is 0. The third-order valence-corrected chi connectivity index (χ3v) is 4.51. The molecular weight excluding hydrogens is 284 g/mol. The molecular formula is C16H28N2O4. The van der Waals surface area contributed by atoms with Gasteiger partial charge in [-0.25, -0.2) is 4.79 Å². The SMILES string of the molecule is CCOC(=O)C(CN)C1CC2(C1)CN(C(=O)OC(C)(C)C)C2. The molecule has 0 aromatic carbocycles. The quantitative estimate of drug-likeness (QED) is 0.800. The Morgan fingerprint density at radius 1 is 1.32 bits per heavy atom. The van der Waals surface area contributed by atoms with E-state index in [1.165, 1.54) is 0 Å². The van der Waals surface area contributed by atoms with Gasteiger partial charge in [0.1, 0.15) is 5.60 Å². The minimum atomic E-state index is -0.462. The van der Waals surface area contributed by atoms with Gasteiger partial charge in [-0.2, -0.15) is 0 Å². The Kier molecular flexibility index (Phi) is 4.70. The van der Waals surface area contributed by atoms with Crippen LogP contribution in [0.15, 0.2) is 0 Å². The molecule has 0 aromatic heterocycles. The molecule has 22 heavy (non-hydrogen) atoms. The number of carbonyl (C=O) groups excluding carboxylic acids is 2. The molecule has 126 valence electrons. The minimum absolute atomic E-state index is 0.168. The first-order valence-corrected chi connectivity index (χ1v) is 8.04. The van der Waals surface area contributed by atoms with Gasteiger partial charge in [0.15, 0.2) is 0 Å². The predicted octanol–water partition coefficient (Wildman–Crippen LogP) is 1.77. The van der Waals surface area contributed by atoms with Crippen LogP contribution >= 0.6 is 0 Å². The molecule has 2 aliphatic rings. The Morgan fingerprint density at radius 2 is 1.91 bits per heavy atom. The van der Waals surface area contributed by atoms with Gasteiger partial charge in [0.25, 0.3) is 0 Å². The van der Waals surface area contributed by atoms with Gasteiger partial charge in [0.2, 0.25) is 0 Å². The number of esters is 1. The van der Waals surface area contributed by atoms with Gasteiger partial charge in [-0.15, -0.1) is 0 Å². The molecule has 2 fully saturated rings. The fourth-order valence-corrected chi connectivity index (χ4v) is 3.54. The van der Waals surface area contributed by atoms with E-state index in [0.717, 1.165) is 25.9 Å². The van der Waals surface area contributed by atoms with Crippen LogP contribution in [0.2, 0.25) is 0 Å². The first-order valence-electron chi connectivity index (χ1n) is 8.04. The lowest BCUT2D eigenvalue weighted by Crippen LogP contribution is -2.65. The highest BCUT2D eigenvalue weighted by Crippen LogP contribution is 2.54. The molecule has 0 bridgehead atoms. The van der Waals surface area contributed by atoms with Gasteiger partial charge in [-0.1, -0.05) is 0 Å². The molecule has 1 heterocycles. The molecule has 0 aromatic rings. The van der Waals surface area contributed by atoms with Crippen molar-refractivity contribution in [3.05, 3.63) is 0 Å². The molecule has 1 saturated carbocycles. The molecule has 1 spiro atoms. The second-order valence-corrected chi connectivity index (χ2v) is 7.60. The summed E-state index contributed by atoms with van der Waals surface area (Å²) in [7, 11) is 0. The van der Waals surface area contributed by atoms with Crippen LogP contribution in [0.25, 0.3) is 0 Å². The Bertz CT molecular complexity index is 430. The Hall–Kier alpha value is -1.30. The molecule has 2 N–H and O–H groups in total. The van der Waals surface area contributed by atoms with Gasteiger partial charge in [0.05, 0.1) is 12.5 Å². The number of likely N-dealkylation sites (tertiary alicyclic amines) is 1. The van der Waals surface area contributed by atoms with E-state index in [4.69, 9.17) is 15.2 Å². The van der Waals surface area contributed by atoms with Crippen LogP contribution in [0.3, 0.4) is 0 Å². The van der Waals surface area contributed by atoms with Crippen molar-refractivity contribution in [3.63, 3.8) is 0 Å². The van der Waals surface area contributed by atoms with Crippen molar-refractivity contribution in [2.75, 3.05) is 26.2 Å². The second kappa shape index (κ2) is 6.07. The van der Waals surface area contributed by atoms with E-state index in [1.807, 2.05) is 20.8 Å². The maximum absolute atomic E-state index is 11.9. The van der Waals surface area contributed by atoms with Crippen LogP contribution in [-0.4, -0.2) is 48.8 Å². The number of hydrogen-bond acceptors (Lipinski definition) is 5. The number of rotatable bonds is 4. The van der Waals surface area contributed by atoms with Gasteiger partial charge in [0, 0.05) is 25.0 Å². The van der Waals surface area contributed by atoms with E-state index in [0.29, 0.717) is 13.2 Å². The van der Waals surface area contributed by atoms with E-state index in [1.54, 1.807) is 11.8 Å². The van der Waals surface area contributed by atoms with Crippen molar-refractivity contribution in [1.29, 1.82) is 0 Å². The van der Waals surface area contributed by atoms with E-state index in [-0.39, 0.29) is 29.3 Å². The summed E-state index contributed by atoms with van der Waals surface area (Å²) in [5.74, 6) is -0.112. The summed E-state index contributed by atoms with van der Waals surface area (Å²) in [5, 5.41) is 0. The third kappa shape index (κ3) is 3.54. The lowest BCUT2D eigenvalue weighted by molar-refractivity contribution is -0.159. The molecule has 6 heteroatoms. The number of carbonyl (C=O) groups is 2. The van der Waals surface area contributed by atoms with Gasteiger partial charge < -0.3 is 20.1 Å². The van der Waals surface area contributed by atoms with E-state index < -0.39 is 5.60 Å². The second-order valence-electron chi connectivity index (χ2n) is 7.60. The molecule has 2 rings (SSSR count). The van der Waals surface area contributed by atoms with Crippen molar-refractivity contribution in [3.8, 4) is 0 Å². The Morgan fingerprint density at radius 3 is 2.36 bits per heavy atom. The molecule has 1 unspecified atom stereocenters. The van der Waals surface area contributed by atoms with Crippen molar-refractivity contribution < 1.29 is 19.1 Å². The lowest BCUT2D eigenvalue weighted by atomic mass is 9.54. The highest BCUT2D eigenvalue weighted by atomic mass is 16.6. The molecule has 1 aliphatic heterocycles. The first-order chi connectivity index (χ1) is 10.2. The fourth-order valence-electron chi connectivity index (χ4n) is 3.54. The van der Waals surface area contributed by atoms with Crippen LogP contribution in [0.4, 0.5) is 4.79 Å². The molecule has 1 aliphatic carbocycles. The van der Waals surface area contributed by atoms with Gasteiger partial charge >= 0.3 is 12.1 Å². The van der Waals surface area contributed by atoms with Crippen molar-refractivity contribution >= 4 is 12.1 Å². The standard InChI is InChI=1S/C16H28N2O4/c1-5-21-13(19)12(8-17)11-6-16(7-11)9-18(10-16)14(20)22-15(2,3)4/h11-12H,5-10,17H2,1-4H3. The van der Waals surface area contributed by atoms with Crippen LogP contribution < -0.4 is 5.73 Å². The zero-order valence-corrected chi connectivity index (χ0v) is 14.1. The summed E-state index contributed by atoms with van der Waals surface area (Å²) in [4.78, 5) is 25.6. The van der Waals surface area contributed by atoms with Crippen LogP contribution in [0.5, 0.6) is 0 Å². The zero-order chi connectivity index (χ0) is 16.5. The maximum Gasteiger partial charge on any atom is 0.410 e. The highest BCUT2D eigenvalue weighted by molar-refractivity contribution is 5.73. The number of amides is 1. The normalized spacial score (nSPS) is 21.8. The molecule has 0 radical (unpaired) electrons. The molecule has 1 saturated heterocycles. The number of ether oxygens (including phenoxy) is 2. The van der Waals surface area contributed by atoms with Crippen molar-refractivity contribution in [2.24, 2.45) is 23.0 Å². The fraction of sp³-hybridized carbons (Fsp3) is 0.875. The number of nitrogens with two attached hydrogens (primary N) is 1. The lowest BCUT2D eigenvalue weighted by Gasteiger charge is -2.59. The molecule has 1 amide bonds. The van der Waals surface area contributed by atoms with Crippen LogP contribution in [-0.2, 0) is 14.3 Å². The van der Waals surface area contributed by atoms with Gasteiger partial charge in [-0.3, -0.25) is 4.79 Å². The topological polar surface area (TPSA) is 81.9 Å². The Balaban J connectivity index is 1.78. The first kappa shape index (κ1) is 17.1. The average molecular weight is 312 g/mol.